The van der Waals surface area contributed by atoms with E-state index >= 15 is 0 Å². The molecule has 0 aliphatic rings. The van der Waals surface area contributed by atoms with Crippen molar-refractivity contribution >= 4 is 105 Å². The predicted octanol–water partition coefficient (Wildman–Crippen LogP) is 25.4. The Balaban J connectivity index is 0.000000110. The van der Waals surface area contributed by atoms with Gasteiger partial charge in [-0.15, -0.1) is 0 Å². The molecule has 0 bridgehead atoms. The van der Waals surface area contributed by atoms with Crippen molar-refractivity contribution in [1.29, 1.82) is 0 Å². The fraction of sp³-hybridized carbons (Fsp3) is 0.0901. The summed E-state index contributed by atoms with van der Waals surface area (Å²) in [5.41, 5.74) is 29.0. The van der Waals surface area contributed by atoms with Crippen molar-refractivity contribution in [2.45, 2.75) is 41.2 Å². The Morgan fingerprint density at radius 2 is 0.683 bits per heavy atom. The molecule has 0 fully saturated rings. The molecule has 1 amide bonds. The minimum atomic E-state index is -0.515. The number of amides is 1. The maximum atomic E-state index is 14.6. The van der Waals surface area contributed by atoms with E-state index in [1.165, 1.54) is 24.3 Å². The summed E-state index contributed by atoms with van der Waals surface area (Å²) in [7, 11) is 3.99. The number of carbonyl (C=O) groups excluding carboxylic acids is 1. The Bertz CT molecular complexity index is 8790. The molecule has 28 heteroatoms. The van der Waals surface area contributed by atoms with Gasteiger partial charge in [-0.1, -0.05) is 173 Å². The molecular weight excluding hydrogens is 1750 g/mol. The van der Waals surface area contributed by atoms with E-state index in [0.29, 0.717) is 96.0 Å². The molecular formula is C111H87F4N23O. The van der Waals surface area contributed by atoms with Crippen LogP contribution in [-0.4, -0.2) is 127 Å². The number of nitrogens with zero attached hydrogens (tertiary/aromatic N) is 13. The number of para-hydroxylation sites is 4. The Morgan fingerprint density at radius 3 is 1.05 bits per heavy atom. The monoisotopic (exact) mass is 1830 g/mol. The zero-order chi connectivity index (χ0) is 95.1. The molecule has 0 saturated heterocycles. The van der Waals surface area contributed by atoms with Crippen LogP contribution in [0, 0.1) is 35.6 Å². The lowest BCUT2D eigenvalue weighted by molar-refractivity contribution is -0.123. The second-order valence-corrected chi connectivity index (χ2v) is 34.9. The molecule has 139 heavy (non-hydrogen) atoms. The molecule has 24 nitrogen and oxygen atoms in total. The predicted molar refractivity (Wildman–Crippen MR) is 544 cm³/mol. The molecule has 0 spiro atoms. The molecule has 0 saturated carbocycles. The summed E-state index contributed by atoms with van der Waals surface area (Å²) < 4.78 is 58.1. The van der Waals surface area contributed by atoms with Gasteiger partial charge >= 0.3 is 0 Å². The number of aromatic nitrogens is 20. The van der Waals surface area contributed by atoms with Gasteiger partial charge in [0.25, 0.3) is 0 Å². The topological polar surface area (TPSA) is 325 Å². The van der Waals surface area contributed by atoms with E-state index in [4.69, 9.17) is 19.9 Å². The number of nitrogens with one attached hydrogen (secondary N) is 10. The zero-order valence-electron chi connectivity index (χ0n) is 76.2. The van der Waals surface area contributed by atoms with E-state index in [0.717, 1.165) is 162 Å². The number of rotatable bonds is 17. The van der Waals surface area contributed by atoms with Gasteiger partial charge in [-0.2, -0.15) is 20.4 Å². The SMILES string of the molecule is CC(C)(C)C(=O)Nc1cncc(-c2ccc3[nH]nc(-c4nc5c(-c6ccccc6F)cccc5[nH]4)c3c2)c1.CCNCc1cncc(-c2ccc3[nH]nc(-c4nc5c(-c6ccccc6F)cccc5[nH]4)c3c2)c1.CN(C)c1cncc(-c2ccc3[nH]nc(-c4nc5c(-c6ccccc6F)cccc5[nH]4)c3c2)c1.Cc1ccncc1-c1ccc2[nH]nc(-c3nc4c(-c5ccccc5F)cccc4[nH]3)c2c1. The van der Waals surface area contributed by atoms with Crippen molar-refractivity contribution in [2.24, 2.45) is 5.41 Å². The van der Waals surface area contributed by atoms with Crippen molar-refractivity contribution < 1.29 is 22.4 Å². The fourth-order valence-corrected chi connectivity index (χ4v) is 17.2. The van der Waals surface area contributed by atoms with E-state index in [1.807, 2.05) is 216 Å². The van der Waals surface area contributed by atoms with Gasteiger partial charge in [-0.05, 0) is 168 Å². The van der Waals surface area contributed by atoms with E-state index in [1.54, 1.807) is 67.1 Å². The van der Waals surface area contributed by atoms with Crippen molar-refractivity contribution in [1.82, 2.24) is 106 Å². The standard InChI is InChI=1S/C30H25FN6O.C28H23FN6.C27H21FN6.C26H18FN5/c1-30(2,3)29(38)33-19-13-18(15-32-16-19)17-11-12-24-22(14-17)27(37-36-24)28-34-25-10-6-8-21(26(25)35-28)20-7-4-5-9-23(20)31;1-2-30-14-17-12-19(16-31-15-17)18-10-11-24-22(13-18)27(35-34-24)28-32-25-9-5-7-21(26(25)33-28)20-6-3-4-8-23(20)29;1-34(2)18-12-17(14-29-15-18)16-10-11-23-21(13-16)26(33-32-23)27-30-24-9-5-7-20(25(24)31-27)19-6-3-4-8-22(19)28;1-15-11-12-28-14-20(15)16-9-10-22-19(13-16)25(32-31-22)26-29-23-8-4-6-18(24(23)30-26)17-5-2-3-7-21(17)27/h4-16H,1-3H3,(H,33,38)(H,34,35)(H,36,37);3-13,15-16,30H,2,14H2,1H3,(H,32,33)(H,34,35);3-15H,1-2H3,(H,30,31)(H,32,33);2-14H,1H3,(H,29,30)(H,31,32). The van der Waals surface area contributed by atoms with E-state index in [9.17, 15) is 22.4 Å². The first-order valence-corrected chi connectivity index (χ1v) is 45.1. The molecule has 24 rings (SSSR count). The summed E-state index contributed by atoms with van der Waals surface area (Å²) in [6.45, 7) is 11.4. The summed E-state index contributed by atoms with van der Waals surface area (Å²) in [4.78, 5) is 64.7. The Labute approximate surface area is 792 Å². The average molecular weight is 1840 g/mol. The highest BCUT2D eigenvalue weighted by Crippen LogP contribution is 2.42. The summed E-state index contributed by atoms with van der Waals surface area (Å²) in [5.74, 6) is 1.27. The summed E-state index contributed by atoms with van der Waals surface area (Å²) in [6, 6.07) is 82.4. The van der Waals surface area contributed by atoms with Crippen LogP contribution in [0.25, 0.3) is 223 Å². The molecule has 12 aromatic heterocycles. The summed E-state index contributed by atoms with van der Waals surface area (Å²) in [5, 5.41) is 40.5. The van der Waals surface area contributed by atoms with Crippen LogP contribution in [0.15, 0.2) is 316 Å². The minimum absolute atomic E-state index is 0.0799. The largest absolute Gasteiger partial charge is 0.376 e. The van der Waals surface area contributed by atoms with Gasteiger partial charge in [-0.25, -0.2) is 37.5 Å². The third kappa shape index (κ3) is 17.5. The number of H-pyrrole nitrogens is 8. The van der Waals surface area contributed by atoms with Crippen molar-refractivity contribution in [3.63, 3.8) is 0 Å². The van der Waals surface area contributed by atoms with Gasteiger partial charge < -0.3 is 35.5 Å². The second kappa shape index (κ2) is 37.1. The fourth-order valence-electron chi connectivity index (χ4n) is 17.2. The normalized spacial score (nSPS) is 11.5. The highest BCUT2D eigenvalue weighted by molar-refractivity contribution is 6.05. The summed E-state index contributed by atoms with van der Waals surface area (Å²) >= 11 is 0. The van der Waals surface area contributed by atoms with E-state index in [2.05, 4.69) is 154 Å². The number of halogens is 4. The van der Waals surface area contributed by atoms with Gasteiger partial charge in [0.2, 0.25) is 5.91 Å². The van der Waals surface area contributed by atoms with Gasteiger partial charge in [0.15, 0.2) is 23.3 Å². The Morgan fingerprint density at radius 1 is 0.338 bits per heavy atom. The maximum Gasteiger partial charge on any atom is 0.229 e. The molecule has 0 aliphatic carbocycles. The highest BCUT2D eigenvalue weighted by atomic mass is 19.1. The highest BCUT2D eigenvalue weighted by Gasteiger charge is 2.26. The number of aromatic amines is 8. The minimum Gasteiger partial charge on any atom is -0.376 e. The number of anilines is 2. The zero-order valence-corrected chi connectivity index (χ0v) is 76.2. The molecule has 10 N–H and O–H groups in total. The van der Waals surface area contributed by atoms with Crippen LogP contribution in [0.5, 0.6) is 0 Å². The third-order valence-electron chi connectivity index (χ3n) is 24.5. The third-order valence-corrected chi connectivity index (χ3v) is 24.5. The smallest absolute Gasteiger partial charge is 0.229 e. The van der Waals surface area contributed by atoms with Crippen LogP contribution in [-0.2, 0) is 11.3 Å². The van der Waals surface area contributed by atoms with Gasteiger partial charge in [0.05, 0.1) is 90.0 Å². The molecule has 0 aliphatic heterocycles. The van der Waals surface area contributed by atoms with Crippen LogP contribution >= 0.6 is 0 Å². The quantitative estimate of drug-likeness (QED) is 0.0379. The van der Waals surface area contributed by atoms with Gasteiger partial charge in [-0.3, -0.25) is 45.1 Å². The number of aryl methyl sites for hydroxylation is 1. The number of fused-ring (bicyclic) bond motifs is 8. The van der Waals surface area contributed by atoms with Crippen LogP contribution in [0.1, 0.15) is 38.8 Å². The van der Waals surface area contributed by atoms with E-state index in [-0.39, 0.29) is 29.2 Å². The first-order valence-electron chi connectivity index (χ1n) is 45.1. The van der Waals surface area contributed by atoms with Crippen molar-refractivity contribution in [3.05, 3.63) is 351 Å². The number of imidazole rings is 4. The first-order chi connectivity index (χ1) is 67.8. The number of hydrogen-bond donors (Lipinski definition) is 10. The van der Waals surface area contributed by atoms with Crippen molar-refractivity contribution in [2.75, 3.05) is 30.9 Å². The van der Waals surface area contributed by atoms with Crippen LogP contribution in [0.3, 0.4) is 0 Å². The molecule has 0 atom stereocenters. The molecule has 12 heterocycles. The van der Waals surface area contributed by atoms with Crippen LogP contribution < -0.4 is 15.5 Å². The van der Waals surface area contributed by atoms with E-state index < -0.39 is 5.41 Å². The lowest BCUT2D eigenvalue weighted by Crippen LogP contribution is -2.27. The van der Waals surface area contributed by atoms with Gasteiger partial charge in [0, 0.05) is 152 Å². The lowest BCUT2D eigenvalue weighted by atomic mass is 9.95. The maximum absolute atomic E-state index is 14.6. The van der Waals surface area contributed by atoms with Gasteiger partial charge in [0.1, 0.15) is 46.0 Å². The Hall–Kier alpha value is -18.1. The molecule has 12 aromatic carbocycles. The average Bonchev–Trinajstić information content (AvgIpc) is 1.62. The van der Waals surface area contributed by atoms with Crippen molar-refractivity contribution in [3.8, 4) is 135 Å². The number of benzene rings is 12. The molecule has 0 unspecified atom stereocenters. The van der Waals surface area contributed by atoms with Crippen LogP contribution in [0.2, 0.25) is 0 Å². The lowest BCUT2D eigenvalue weighted by Gasteiger charge is -2.17. The molecule has 680 valence electrons. The second-order valence-electron chi connectivity index (χ2n) is 34.9. The summed E-state index contributed by atoms with van der Waals surface area (Å²) in [6.07, 6.45) is 14.5. The molecule has 0 radical (unpaired) electrons. The number of carbonyl (C=O) groups is 1. The number of hydrogen-bond acceptors (Lipinski definition) is 15. The van der Waals surface area contributed by atoms with Crippen LogP contribution in [0.4, 0.5) is 28.9 Å². The Kier molecular flexibility index (Phi) is 23.4. The number of pyridine rings is 4. The molecule has 24 aromatic rings. The first kappa shape index (κ1) is 87.6.